The molecular formula is C23H32N2O7. The van der Waals surface area contributed by atoms with E-state index in [1.165, 1.54) is 26.2 Å². The molecule has 1 aromatic rings. The lowest BCUT2D eigenvalue weighted by Crippen LogP contribution is -2.56. The smallest absolute Gasteiger partial charge is 0.327 e. The number of rotatable bonds is 9. The molecule has 0 bridgehead atoms. The number of nitrogens with one attached hydrogen (secondary N) is 1. The molecular weight excluding hydrogens is 416 g/mol. The SMILES string of the molecule is CCC[C@@]1(C(=O)OCC)N[C@@H](c2cc(OC)c(OC)c(OC)c2)[C@H]2C(=O)N(CC)C(=O)[C@@H]21. The van der Waals surface area contributed by atoms with Crippen LogP contribution in [0, 0.1) is 11.8 Å². The van der Waals surface area contributed by atoms with Gasteiger partial charge in [-0.25, -0.2) is 0 Å². The number of amides is 2. The lowest BCUT2D eigenvalue weighted by molar-refractivity contribution is -0.156. The van der Waals surface area contributed by atoms with Crippen molar-refractivity contribution in [2.24, 2.45) is 11.8 Å². The predicted octanol–water partition coefficient (Wildman–Crippen LogP) is 2.08. The molecule has 0 aromatic heterocycles. The first-order valence-corrected chi connectivity index (χ1v) is 10.9. The molecule has 2 aliphatic heterocycles. The molecule has 32 heavy (non-hydrogen) atoms. The van der Waals surface area contributed by atoms with Crippen molar-refractivity contribution in [3.63, 3.8) is 0 Å². The lowest BCUT2D eigenvalue weighted by Gasteiger charge is -2.32. The van der Waals surface area contributed by atoms with Gasteiger partial charge in [-0.15, -0.1) is 0 Å². The quantitative estimate of drug-likeness (QED) is 0.452. The first-order chi connectivity index (χ1) is 15.3. The zero-order valence-corrected chi connectivity index (χ0v) is 19.5. The highest BCUT2D eigenvalue weighted by molar-refractivity contribution is 6.09. The minimum atomic E-state index is -1.29. The molecule has 176 valence electrons. The van der Waals surface area contributed by atoms with Crippen LogP contribution in [0.4, 0.5) is 0 Å². The van der Waals surface area contributed by atoms with E-state index in [0.717, 1.165) is 0 Å². The number of ether oxygens (including phenoxy) is 4. The highest BCUT2D eigenvalue weighted by atomic mass is 16.5. The van der Waals surface area contributed by atoms with Gasteiger partial charge >= 0.3 is 5.97 Å². The van der Waals surface area contributed by atoms with Crippen LogP contribution in [0.25, 0.3) is 0 Å². The van der Waals surface area contributed by atoms with Crippen LogP contribution < -0.4 is 19.5 Å². The van der Waals surface area contributed by atoms with E-state index in [2.05, 4.69) is 5.32 Å². The first-order valence-electron chi connectivity index (χ1n) is 10.9. The third-order valence-electron chi connectivity index (χ3n) is 6.39. The summed E-state index contributed by atoms with van der Waals surface area (Å²) in [6.07, 6.45) is 0.995. The second-order valence-electron chi connectivity index (χ2n) is 7.95. The van der Waals surface area contributed by atoms with Gasteiger partial charge in [0, 0.05) is 12.6 Å². The van der Waals surface area contributed by atoms with Crippen molar-refractivity contribution in [1.29, 1.82) is 0 Å². The molecule has 2 fully saturated rings. The molecule has 0 radical (unpaired) electrons. The van der Waals surface area contributed by atoms with Crippen molar-refractivity contribution < 1.29 is 33.3 Å². The van der Waals surface area contributed by atoms with Crippen LogP contribution in [-0.4, -0.2) is 62.7 Å². The van der Waals surface area contributed by atoms with Gasteiger partial charge < -0.3 is 18.9 Å². The van der Waals surface area contributed by atoms with Crippen LogP contribution in [-0.2, 0) is 19.1 Å². The molecule has 2 amide bonds. The largest absolute Gasteiger partial charge is 0.493 e. The monoisotopic (exact) mass is 448 g/mol. The lowest BCUT2D eigenvalue weighted by atomic mass is 9.77. The van der Waals surface area contributed by atoms with Crippen LogP contribution in [0.1, 0.15) is 45.2 Å². The Morgan fingerprint density at radius 1 is 1.03 bits per heavy atom. The van der Waals surface area contributed by atoms with Gasteiger partial charge in [-0.05, 0) is 38.0 Å². The molecule has 3 rings (SSSR count). The molecule has 0 unspecified atom stereocenters. The van der Waals surface area contributed by atoms with Crippen LogP contribution in [0.3, 0.4) is 0 Å². The van der Waals surface area contributed by atoms with E-state index in [-0.39, 0.29) is 25.0 Å². The molecule has 2 aliphatic rings. The maximum absolute atomic E-state index is 13.3. The third-order valence-corrected chi connectivity index (χ3v) is 6.39. The predicted molar refractivity (Wildman–Crippen MR) is 116 cm³/mol. The summed E-state index contributed by atoms with van der Waals surface area (Å²) >= 11 is 0. The fourth-order valence-electron chi connectivity index (χ4n) is 5.12. The number of hydrogen-bond donors (Lipinski definition) is 1. The number of methoxy groups -OCH3 is 3. The Labute approximate surface area is 188 Å². The maximum atomic E-state index is 13.3. The van der Waals surface area contributed by atoms with E-state index >= 15 is 0 Å². The number of hydrogen-bond acceptors (Lipinski definition) is 8. The molecule has 4 atom stereocenters. The summed E-state index contributed by atoms with van der Waals surface area (Å²) in [4.78, 5) is 41.2. The summed E-state index contributed by atoms with van der Waals surface area (Å²) in [5.74, 6) is -1.47. The number of imide groups is 1. The topological polar surface area (TPSA) is 103 Å². The van der Waals surface area contributed by atoms with Gasteiger partial charge in [0.1, 0.15) is 5.54 Å². The second-order valence-corrected chi connectivity index (χ2v) is 7.95. The number of carbonyl (C=O) groups is 3. The molecule has 2 heterocycles. The third kappa shape index (κ3) is 3.48. The summed E-state index contributed by atoms with van der Waals surface area (Å²) in [5.41, 5.74) is -0.632. The first kappa shape index (κ1) is 23.8. The van der Waals surface area contributed by atoms with Crippen LogP contribution in [0.15, 0.2) is 12.1 Å². The number of fused-ring (bicyclic) bond motifs is 1. The van der Waals surface area contributed by atoms with Gasteiger partial charge in [-0.2, -0.15) is 0 Å². The zero-order chi connectivity index (χ0) is 23.6. The normalized spacial score (nSPS) is 26.8. The van der Waals surface area contributed by atoms with E-state index in [1.54, 1.807) is 26.0 Å². The highest BCUT2D eigenvalue weighted by Gasteiger charge is 2.68. The average Bonchev–Trinajstić information content (AvgIpc) is 3.27. The summed E-state index contributed by atoms with van der Waals surface area (Å²) < 4.78 is 21.8. The number of likely N-dealkylation sites (tertiary alicyclic amines) is 1. The number of nitrogens with zero attached hydrogens (tertiary/aromatic N) is 1. The van der Waals surface area contributed by atoms with Crippen LogP contribution in [0.2, 0.25) is 0 Å². The molecule has 9 heteroatoms. The van der Waals surface area contributed by atoms with Crippen molar-refractivity contribution in [3.05, 3.63) is 17.7 Å². The van der Waals surface area contributed by atoms with E-state index < -0.39 is 29.4 Å². The van der Waals surface area contributed by atoms with Gasteiger partial charge in [0.25, 0.3) is 0 Å². The minimum absolute atomic E-state index is 0.178. The van der Waals surface area contributed by atoms with E-state index in [0.29, 0.717) is 35.7 Å². The van der Waals surface area contributed by atoms with Crippen molar-refractivity contribution in [1.82, 2.24) is 10.2 Å². The Balaban J connectivity index is 2.20. The van der Waals surface area contributed by atoms with Gasteiger partial charge in [0.2, 0.25) is 17.6 Å². The molecule has 0 spiro atoms. The molecule has 2 saturated heterocycles. The van der Waals surface area contributed by atoms with Crippen molar-refractivity contribution in [2.45, 2.75) is 45.2 Å². The van der Waals surface area contributed by atoms with Crippen molar-refractivity contribution >= 4 is 17.8 Å². The number of esters is 1. The highest BCUT2D eigenvalue weighted by Crippen LogP contribution is 2.52. The van der Waals surface area contributed by atoms with Gasteiger partial charge in [0.15, 0.2) is 11.5 Å². The zero-order valence-electron chi connectivity index (χ0n) is 19.5. The van der Waals surface area contributed by atoms with Crippen molar-refractivity contribution in [3.8, 4) is 17.2 Å². The number of carbonyl (C=O) groups excluding carboxylic acids is 3. The molecule has 9 nitrogen and oxygen atoms in total. The summed E-state index contributed by atoms with van der Waals surface area (Å²) in [5, 5.41) is 3.36. The Morgan fingerprint density at radius 3 is 2.12 bits per heavy atom. The van der Waals surface area contributed by atoms with Crippen LogP contribution >= 0.6 is 0 Å². The fraction of sp³-hybridized carbons (Fsp3) is 0.609. The molecule has 1 aromatic carbocycles. The van der Waals surface area contributed by atoms with E-state index in [4.69, 9.17) is 18.9 Å². The molecule has 0 aliphatic carbocycles. The molecule has 1 N–H and O–H groups in total. The van der Waals surface area contributed by atoms with Crippen molar-refractivity contribution in [2.75, 3.05) is 34.5 Å². The Kier molecular flexibility index (Phi) is 6.97. The molecule has 0 saturated carbocycles. The second kappa shape index (κ2) is 9.36. The van der Waals surface area contributed by atoms with Gasteiger partial charge in [-0.1, -0.05) is 13.3 Å². The van der Waals surface area contributed by atoms with E-state index in [9.17, 15) is 14.4 Å². The Hall–Kier alpha value is -2.81. The Bertz CT molecular complexity index is 877. The standard InChI is InChI=1S/C23H32N2O7/c1-7-10-23(22(28)32-9-3)17-16(20(26)25(8-2)21(17)27)18(24-23)13-11-14(29-4)19(31-6)15(12-13)30-5/h11-12,16-18,24H,7-10H2,1-6H3/t16-,17+,18-,23+/m0/s1. The average molecular weight is 449 g/mol. The minimum Gasteiger partial charge on any atom is -0.493 e. The maximum Gasteiger partial charge on any atom is 0.327 e. The van der Waals surface area contributed by atoms with Crippen LogP contribution in [0.5, 0.6) is 17.2 Å². The Morgan fingerprint density at radius 2 is 1.66 bits per heavy atom. The van der Waals surface area contributed by atoms with Gasteiger partial charge in [0.05, 0.1) is 39.8 Å². The van der Waals surface area contributed by atoms with Gasteiger partial charge in [-0.3, -0.25) is 24.6 Å². The summed E-state index contributed by atoms with van der Waals surface area (Å²) in [6, 6.07) is 2.88. The summed E-state index contributed by atoms with van der Waals surface area (Å²) in [6.45, 7) is 5.84. The van der Waals surface area contributed by atoms with E-state index in [1.807, 2.05) is 6.92 Å². The summed E-state index contributed by atoms with van der Waals surface area (Å²) in [7, 11) is 4.53. The fourth-order valence-corrected chi connectivity index (χ4v) is 5.12. The number of benzene rings is 1.